The van der Waals surface area contributed by atoms with Crippen LogP contribution in [0.5, 0.6) is 5.75 Å². The topological polar surface area (TPSA) is 32.8 Å². The highest BCUT2D eigenvalue weighted by Gasteiger charge is 2.33. The van der Waals surface area contributed by atoms with Gasteiger partial charge in [-0.25, -0.2) is 0 Å². The van der Waals surface area contributed by atoms with E-state index in [2.05, 4.69) is 16.7 Å². The van der Waals surface area contributed by atoms with E-state index in [0.717, 1.165) is 63.0 Å². The molecule has 0 unspecified atom stereocenters. The van der Waals surface area contributed by atoms with Gasteiger partial charge in [0.15, 0.2) is 0 Å². The van der Waals surface area contributed by atoms with E-state index in [-0.39, 0.29) is 17.6 Å². The molecule has 0 atom stereocenters. The average molecular weight is 453 g/mol. The van der Waals surface area contributed by atoms with Crippen LogP contribution in [-0.2, 0) is 0 Å². The molecule has 0 bridgehead atoms. The summed E-state index contributed by atoms with van der Waals surface area (Å²) in [4.78, 5) is 18.1. The van der Waals surface area contributed by atoms with Gasteiger partial charge < -0.3 is 14.5 Å². The van der Waals surface area contributed by atoms with Crippen molar-refractivity contribution in [2.45, 2.75) is 44.9 Å². The number of hydrogen-bond acceptors (Lipinski definition) is 4. The fourth-order valence-corrected chi connectivity index (χ4v) is 5.61. The quantitative estimate of drug-likeness (QED) is 0.600. The summed E-state index contributed by atoms with van der Waals surface area (Å²) in [5, 5.41) is 0. The van der Waals surface area contributed by atoms with E-state index >= 15 is 0 Å². The highest BCUT2D eigenvalue weighted by Crippen LogP contribution is 2.42. The van der Waals surface area contributed by atoms with E-state index in [1.807, 2.05) is 17.9 Å². The van der Waals surface area contributed by atoms with Crippen LogP contribution in [0.2, 0.25) is 0 Å². The van der Waals surface area contributed by atoms with E-state index in [9.17, 15) is 18.0 Å². The second-order valence-corrected chi connectivity index (χ2v) is 9.56. The molecule has 8 heteroatoms. The molecule has 1 aromatic heterocycles. The molecule has 4 rings (SSSR count). The lowest BCUT2D eigenvalue weighted by Crippen LogP contribution is -2.29. The average Bonchev–Trinajstić information content (AvgIpc) is 3.37. The molecule has 0 aliphatic carbocycles. The van der Waals surface area contributed by atoms with Crippen LogP contribution in [0.1, 0.15) is 52.4 Å². The van der Waals surface area contributed by atoms with Gasteiger partial charge in [-0.3, -0.25) is 4.79 Å². The zero-order valence-electron chi connectivity index (χ0n) is 17.8. The van der Waals surface area contributed by atoms with Crippen LogP contribution in [-0.4, -0.2) is 55.3 Å². The molecule has 2 aromatic rings. The van der Waals surface area contributed by atoms with E-state index in [4.69, 9.17) is 0 Å². The van der Waals surface area contributed by atoms with Gasteiger partial charge in [-0.05, 0) is 88.0 Å². The standard InChI is InChI=1S/C23H27F3N2O2S/c1-15-13-20(31-21(15)22(29)28-9-3-4-10-28)18-6-5-17(14-19(18)30-23(24,25)26)16-7-11-27(2)12-8-16/h5-6,13-14,16H,3-4,7-12H2,1-2H3. The maximum atomic E-state index is 13.2. The summed E-state index contributed by atoms with van der Waals surface area (Å²) in [5.74, 6) is -0.00366. The predicted molar refractivity (Wildman–Crippen MR) is 116 cm³/mol. The fraction of sp³-hybridized carbons (Fsp3) is 0.522. The molecule has 4 nitrogen and oxygen atoms in total. The number of amides is 1. The molecule has 3 heterocycles. The molecule has 168 valence electrons. The van der Waals surface area contributed by atoms with Gasteiger partial charge >= 0.3 is 6.36 Å². The monoisotopic (exact) mass is 452 g/mol. The Balaban J connectivity index is 1.67. The zero-order valence-corrected chi connectivity index (χ0v) is 18.6. The molecule has 0 radical (unpaired) electrons. The Labute approximate surface area is 184 Å². The number of halogens is 3. The van der Waals surface area contributed by atoms with Gasteiger partial charge in [0.1, 0.15) is 5.75 Å². The SMILES string of the molecule is Cc1cc(-c2ccc(C3CCN(C)CC3)cc2OC(F)(F)F)sc1C(=O)N1CCCC1. The number of ether oxygens (including phenoxy) is 1. The third-order valence-electron chi connectivity index (χ3n) is 6.19. The smallest absolute Gasteiger partial charge is 0.405 e. The van der Waals surface area contributed by atoms with Gasteiger partial charge in [-0.2, -0.15) is 0 Å². The first-order valence-corrected chi connectivity index (χ1v) is 11.5. The van der Waals surface area contributed by atoms with Crippen LogP contribution < -0.4 is 4.74 Å². The molecule has 0 spiro atoms. The maximum absolute atomic E-state index is 13.2. The molecule has 31 heavy (non-hydrogen) atoms. The minimum absolute atomic E-state index is 0.0347. The van der Waals surface area contributed by atoms with Crippen LogP contribution in [0.15, 0.2) is 24.3 Å². The number of nitrogens with zero attached hydrogens (tertiary/aromatic N) is 2. The number of aryl methyl sites for hydroxylation is 1. The molecule has 0 N–H and O–H groups in total. The predicted octanol–water partition coefficient (Wildman–Crippen LogP) is 5.67. The van der Waals surface area contributed by atoms with Gasteiger partial charge in [0.2, 0.25) is 0 Å². The van der Waals surface area contributed by atoms with Crippen LogP contribution in [0, 0.1) is 6.92 Å². The Bertz CT molecular complexity index is 943. The number of thiophene rings is 1. The lowest BCUT2D eigenvalue weighted by Gasteiger charge is -2.29. The summed E-state index contributed by atoms with van der Waals surface area (Å²) < 4.78 is 44.0. The Kier molecular flexibility index (Phi) is 6.30. The van der Waals surface area contributed by atoms with Crippen LogP contribution >= 0.6 is 11.3 Å². The van der Waals surface area contributed by atoms with E-state index in [0.29, 0.717) is 15.3 Å². The summed E-state index contributed by atoms with van der Waals surface area (Å²) in [5.41, 5.74) is 2.04. The van der Waals surface area contributed by atoms with Crippen molar-refractivity contribution < 1.29 is 22.7 Å². The number of likely N-dealkylation sites (tertiary alicyclic amines) is 2. The number of hydrogen-bond donors (Lipinski definition) is 0. The molecule has 2 fully saturated rings. The van der Waals surface area contributed by atoms with E-state index < -0.39 is 6.36 Å². The van der Waals surface area contributed by atoms with Gasteiger partial charge in [-0.15, -0.1) is 24.5 Å². The molecular formula is C23H27F3N2O2S. The third-order valence-corrected chi connectivity index (χ3v) is 7.45. The molecule has 2 saturated heterocycles. The Morgan fingerprint density at radius 1 is 1.10 bits per heavy atom. The van der Waals surface area contributed by atoms with Crippen LogP contribution in [0.4, 0.5) is 13.2 Å². The largest absolute Gasteiger partial charge is 0.573 e. The van der Waals surface area contributed by atoms with Crippen LogP contribution in [0.25, 0.3) is 10.4 Å². The Morgan fingerprint density at radius 3 is 2.42 bits per heavy atom. The molecule has 1 amide bonds. The minimum atomic E-state index is -4.78. The molecule has 0 saturated carbocycles. The van der Waals surface area contributed by atoms with Crippen molar-refractivity contribution in [2.24, 2.45) is 0 Å². The number of piperidine rings is 1. The van der Waals surface area contributed by atoms with Gasteiger partial charge in [0, 0.05) is 23.5 Å². The van der Waals surface area contributed by atoms with Crippen molar-refractivity contribution in [3.05, 3.63) is 40.3 Å². The highest BCUT2D eigenvalue weighted by molar-refractivity contribution is 7.17. The number of benzene rings is 1. The summed E-state index contributed by atoms with van der Waals surface area (Å²) in [6, 6.07) is 6.95. The lowest BCUT2D eigenvalue weighted by molar-refractivity contribution is -0.274. The van der Waals surface area contributed by atoms with Crippen molar-refractivity contribution in [3.63, 3.8) is 0 Å². The maximum Gasteiger partial charge on any atom is 0.573 e. The highest BCUT2D eigenvalue weighted by atomic mass is 32.1. The van der Waals surface area contributed by atoms with Crippen molar-refractivity contribution in [3.8, 4) is 16.2 Å². The van der Waals surface area contributed by atoms with Gasteiger partial charge in [0.25, 0.3) is 5.91 Å². The first-order valence-electron chi connectivity index (χ1n) is 10.7. The number of alkyl halides is 3. The normalized spacial score (nSPS) is 18.5. The van der Waals surface area contributed by atoms with Gasteiger partial charge in [0.05, 0.1) is 4.88 Å². The van der Waals surface area contributed by atoms with Crippen molar-refractivity contribution >= 4 is 17.2 Å². The summed E-state index contributed by atoms with van der Waals surface area (Å²) >= 11 is 1.24. The fourth-order valence-electron chi connectivity index (χ4n) is 4.44. The Hall–Kier alpha value is -2.06. The number of rotatable bonds is 4. The summed E-state index contributed by atoms with van der Waals surface area (Å²) in [6.45, 7) is 5.15. The molecular weight excluding hydrogens is 425 g/mol. The third kappa shape index (κ3) is 5.06. The molecule has 1 aromatic carbocycles. The second-order valence-electron chi connectivity index (χ2n) is 8.50. The number of carbonyl (C=O) groups excluding carboxylic acids is 1. The molecule has 2 aliphatic heterocycles. The minimum Gasteiger partial charge on any atom is -0.405 e. The first kappa shape index (κ1) is 22.1. The molecule has 2 aliphatic rings. The first-order chi connectivity index (χ1) is 14.7. The van der Waals surface area contributed by atoms with Gasteiger partial charge in [-0.1, -0.05) is 6.07 Å². The Morgan fingerprint density at radius 2 is 1.77 bits per heavy atom. The summed E-state index contributed by atoms with van der Waals surface area (Å²) in [7, 11) is 2.05. The van der Waals surface area contributed by atoms with Crippen molar-refractivity contribution in [1.29, 1.82) is 0 Å². The zero-order chi connectivity index (χ0) is 22.2. The lowest BCUT2D eigenvalue weighted by atomic mass is 9.89. The van der Waals surface area contributed by atoms with E-state index in [1.165, 1.54) is 17.4 Å². The van der Waals surface area contributed by atoms with Crippen molar-refractivity contribution in [2.75, 3.05) is 33.2 Å². The summed E-state index contributed by atoms with van der Waals surface area (Å²) in [6.07, 6.45) is -0.974. The van der Waals surface area contributed by atoms with E-state index in [1.54, 1.807) is 12.1 Å². The van der Waals surface area contributed by atoms with Crippen LogP contribution in [0.3, 0.4) is 0 Å². The number of carbonyl (C=O) groups is 1. The van der Waals surface area contributed by atoms with Crippen molar-refractivity contribution in [1.82, 2.24) is 9.80 Å². The second kappa shape index (κ2) is 8.82.